The fraction of sp³-hybridized carbons (Fsp3) is 0.318. The average Bonchev–Trinajstić information content (AvgIpc) is 3.32. The number of carbonyl (C=O) groups is 2. The van der Waals surface area contributed by atoms with Crippen LogP contribution in [0.15, 0.2) is 48.7 Å². The van der Waals surface area contributed by atoms with E-state index >= 15 is 0 Å². The van der Waals surface area contributed by atoms with E-state index in [1.807, 2.05) is 64.9 Å². The summed E-state index contributed by atoms with van der Waals surface area (Å²) in [6.07, 6.45) is 3.71. The van der Waals surface area contributed by atoms with Crippen molar-refractivity contribution in [3.8, 4) is 0 Å². The number of hydrogen-bond donors (Lipinski definition) is 1. The first kappa shape index (κ1) is 18.2. The van der Waals surface area contributed by atoms with Crippen LogP contribution in [0.3, 0.4) is 0 Å². The van der Waals surface area contributed by atoms with Crippen LogP contribution in [0, 0.1) is 6.92 Å². The zero-order chi connectivity index (χ0) is 19.7. The summed E-state index contributed by atoms with van der Waals surface area (Å²) in [5.74, 6) is 0.590. The van der Waals surface area contributed by atoms with Gasteiger partial charge in [0.1, 0.15) is 5.82 Å². The number of aryl methyl sites for hydroxylation is 1. The van der Waals surface area contributed by atoms with Crippen molar-refractivity contribution >= 4 is 17.3 Å². The topological polar surface area (TPSA) is 66.7 Å². The molecule has 4 rings (SSSR count). The van der Waals surface area contributed by atoms with E-state index in [1.165, 1.54) is 5.56 Å². The molecule has 1 saturated heterocycles. The molecule has 2 amide bonds. The van der Waals surface area contributed by atoms with Gasteiger partial charge in [0.05, 0.1) is 11.6 Å². The summed E-state index contributed by atoms with van der Waals surface area (Å²) < 4.78 is 1.94. The smallest absolute Gasteiger partial charge is 0.272 e. The predicted octanol–water partition coefficient (Wildman–Crippen LogP) is 3.26. The molecule has 28 heavy (non-hydrogen) atoms. The molecule has 1 aliphatic rings. The summed E-state index contributed by atoms with van der Waals surface area (Å²) in [6.45, 7) is 4.80. The predicted molar refractivity (Wildman–Crippen MR) is 107 cm³/mol. The van der Waals surface area contributed by atoms with Crippen molar-refractivity contribution in [1.82, 2.24) is 19.6 Å². The first-order valence-electron chi connectivity index (χ1n) is 9.62. The van der Waals surface area contributed by atoms with Gasteiger partial charge in [-0.1, -0.05) is 35.9 Å². The number of aromatic nitrogens is 2. The molecule has 3 aromatic rings. The number of amides is 2. The summed E-state index contributed by atoms with van der Waals surface area (Å²) in [5, 5.41) is 2.97. The van der Waals surface area contributed by atoms with Crippen molar-refractivity contribution < 1.29 is 9.59 Å². The Balaban J connectivity index is 1.63. The molecule has 0 unspecified atom stereocenters. The monoisotopic (exact) mass is 376 g/mol. The number of pyridine rings is 1. The van der Waals surface area contributed by atoms with Crippen LogP contribution in [-0.4, -0.2) is 32.6 Å². The fourth-order valence-electron chi connectivity index (χ4n) is 3.85. The lowest BCUT2D eigenvalue weighted by atomic mass is 10.1. The Bertz CT molecular complexity index is 1020. The number of rotatable bonds is 4. The molecule has 0 aliphatic carbocycles. The normalized spacial score (nSPS) is 16.5. The lowest BCUT2D eigenvalue weighted by molar-refractivity contribution is -0.129. The van der Waals surface area contributed by atoms with Crippen LogP contribution in [0.25, 0.3) is 5.52 Å². The Kier molecular flexibility index (Phi) is 4.86. The minimum absolute atomic E-state index is 0.0422. The molecule has 2 aromatic heterocycles. The van der Waals surface area contributed by atoms with Crippen LogP contribution in [0.4, 0.5) is 0 Å². The van der Waals surface area contributed by atoms with Gasteiger partial charge in [-0.05, 0) is 37.5 Å². The van der Waals surface area contributed by atoms with Crippen LogP contribution in [0.5, 0.6) is 0 Å². The van der Waals surface area contributed by atoms with Gasteiger partial charge in [-0.15, -0.1) is 0 Å². The van der Waals surface area contributed by atoms with Gasteiger partial charge in [-0.2, -0.15) is 0 Å². The maximum atomic E-state index is 12.9. The van der Waals surface area contributed by atoms with Gasteiger partial charge in [-0.25, -0.2) is 4.98 Å². The third kappa shape index (κ3) is 3.38. The highest BCUT2D eigenvalue weighted by atomic mass is 16.2. The fourth-order valence-corrected chi connectivity index (χ4v) is 3.85. The third-order valence-electron chi connectivity index (χ3n) is 5.32. The molecule has 1 aromatic carbocycles. The van der Waals surface area contributed by atoms with E-state index in [9.17, 15) is 9.59 Å². The number of nitrogens with one attached hydrogen (secondary N) is 1. The zero-order valence-electron chi connectivity index (χ0n) is 16.2. The second kappa shape index (κ2) is 7.46. The van der Waals surface area contributed by atoms with E-state index in [4.69, 9.17) is 0 Å². The van der Waals surface area contributed by atoms with E-state index in [0.29, 0.717) is 12.2 Å². The van der Waals surface area contributed by atoms with E-state index in [1.54, 1.807) is 6.92 Å². The van der Waals surface area contributed by atoms with Crippen molar-refractivity contribution in [3.63, 3.8) is 0 Å². The Morgan fingerprint density at radius 2 is 1.96 bits per heavy atom. The van der Waals surface area contributed by atoms with Crippen LogP contribution >= 0.6 is 0 Å². The summed E-state index contributed by atoms with van der Waals surface area (Å²) in [5.41, 5.74) is 3.39. The molecular formula is C22H24N4O2. The second-order valence-corrected chi connectivity index (χ2v) is 7.31. The van der Waals surface area contributed by atoms with Crippen molar-refractivity contribution in [2.75, 3.05) is 6.54 Å². The summed E-state index contributed by atoms with van der Waals surface area (Å²) in [6, 6.07) is 13.7. The molecule has 0 spiro atoms. The lowest BCUT2D eigenvalue weighted by Gasteiger charge is -2.22. The number of benzene rings is 1. The highest BCUT2D eigenvalue weighted by Crippen LogP contribution is 2.32. The highest BCUT2D eigenvalue weighted by molar-refractivity contribution is 5.99. The molecular weight excluding hydrogens is 352 g/mol. The number of nitrogens with zero attached hydrogens (tertiary/aromatic N) is 3. The Hall–Kier alpha value is -3.15. The summed E-state index contributed by atoms with van der Waals surface area (Å²) in [4.78, 5) is 31.4. The van der Waals surface area contributed by atoms with Crippen molar-refractivity contribution in [2.45, 2.75) is 39.3 Å². The first-order valence-corrected chi connectivity index (χ1v) is 9.62. The quantitative estimate of drug-likeness (QED) is 0.760. The largest absolute Gasteiger partial charge is 0.347 e. The van der Waals surface area contributed by atoms with Crippen molar-refractivity contribution in [3.05, 3.63) is 71.3 Å². The minimum Gasteiger partial charge on any atom is -0.347 e. The van der Waals surface area contributed by atoms with Gasteiger partial charge in [-0.3, -0.25) is 9.59 Å². The van der Waals surface area contributed by atoms with E-state index in [0.717, 1.165) is 36.3 Å². The standard InChI is InChI=1S/C22H24N4O2/c1-15-8-10-17(11-9-15)14-23-22(28)20-18-6-3-4-12-26(18)21(24-20)19-7-5-13-25(19)16(2)27/h3-4,6,8-12,19H,5,7,13-14H2,1-2H3,(H,23,28)/t19-/m0/s1. The third-order valence-corrected chi connectivity index (χ3v) is 5.32. The molecule has 0 saturated carbocycles. The molecule has 3 heterocycles. The Morgan fingerprint density at radius 1 is 1.18 bits per heavy atom. The second-order valence-electron chi connectivity index (χ2n) is 7.31. The molecule has 1 N–H and O–H groups in total. The summed E-state index contributed by atoms with van der Waals surface area (Å²) in [7, 11) is 0. The number of imidazole rings is 1. The minimum atomic E-state index is -0.206. The number of carbonyl (C=O) groups excluding carboxylic acids is 2. The maximum Gasteiger partial charge on any atom is 0.272 e. The number of fused-ring (bicyclic) bond motifs is 1. The van der Waals surface area contributed by atoms with Crippen LogP contribution in [0.1, 0.15) is 53.2 Å². The van der Waals surface area contributed by atoms with Crippen LogP contribution < -0.4 is 5.32 Å². The van der Waals surface area contributed by atoms with Gasteiger partial charge in [0.25, 0.3) is 5.91 Å². The molecule has 0 radical (unpaired) electrons. The number of hydrogen-bond acceptors (Lipinski definition) is 3. The maximum absolute atomic E-state index is 12.9. The molecule has 144 valence electrons. The van der Waals surface area contributed by atoms with Gasteiger partial charge < -0.3 is 14.6 Å². The average molecular weight is 376 g/mol. The molecule has 1 fully saturated rings. The van der Waals surface area contributed by atoms with Crippen molar-refractivity contribution in [2.24, 2.45) is 0 Å². The molecule has 1 atom stereocenters. The van der Waals surface area contributed by atoms with Crippen LogP contribution in [-0.2, 0) is 11.3 Å². The van der Waals surface area contributed by atoms with Gasteiger partial charge in [0.15, 0.2) is 5.69 Å². The van der Waals surface area contributed by atoms with Gasteiger partial charge in [0.2, 0.25) is 5.91 Å². The molecule has 6 nitrogen and oxygen atoms in total. The molecule has 6 heteroatoms. The van der Waals surface area contributed by atoms with Gasteiger partial charge >= 0.3 is 0 Å². The Morgan fingerprint density at radius 3 is 2.71 bits per heavy atom. The van der Waals surface area contributed by atoms with E-state index < -0.39 is 0 Å². The SMILES string of the molecule is CC(=O)N1CCC[C@H]1c1nc(C(=O)NCc2ccc(C)cc2)c2ccccn12. The summed E-state index contributed by atoms with van der Waals surface area (Å²) >= 11 is 0. The Labute approximate surface area is 164 Å². The van der Waals surface area contributed by atoms with E-state index in [2.05, 4.69) is 10.3 Å². The van der Waals surface area contributed by atoms with Crippen LogP contribution in [0.2, 0.25) is 0 Å². The lowest BCUT2D eigenvalue weighted by Crippen LogP contribution is -2.29. The number of likely N-dealkylation sites (tertiary alicyclic amines) is 1. The van der Waals surface area contributed by atoms with Crippen molar-refractivity contribution in [1.29, 1.82) is 0 Å². The molecule has 0 bridgehead atoms. The first-order chi connectivity index (χ1) is 13.5. The van der Waals surface area contributed by atoms with E-state index in [-0.39, 0.29) is 17.9 Å². The highest BCUT2D eigenvalue weighted by Gasteiger charge is 2.32. The van der Waals surface area contributed by atoms with Gasteiger partial charge in [0, 0.05) is 26.2 Å². The zero-order valence-corrected chi connectivity index (χ0v) is 16.2. The molecule has 1 aliphatic heterocycles.